The number of anilines is 1. The van der Waals surface area contributed by atoms with Crippen molar-refractivity contribution in [3.05, 3.63) is 58.8 Å². The van der Waals surface area contributed by atoms with Gasteiger partial charge in [-0.25, -0.2) is 4.98 Å². The molecular formula is C15H14N2S2. The highest BCUT2D eigenvalue weighted by molar-refractivity contribution is 7.15. The number of aromatic nitrogens is 1. The Morgan fingerprint density at radius 2 is 1.89 bits per heavy atom. The molecule has 0 spiro atoms. The molecule has 1 atom stereocenters. The second-order valence-corrected chi connectivity index (χ2v) is 6.10. The highest BCUT2D eigenvalue weighted by Crippen LogP contribution is 2.29. The molecule has 96 valence electrons. The van der Waals surface area contributed by atoms with Crippen molar-refractivity contribution < 1.29 is 0 Å². The third-order valence-corrected chi connectivity index (χ3v) is 4.58. The van der Waals surface area contributed by atoms with E-state index in [0.717, 1.165) is 10.8 Å². The third-order valence-electron chi connectivity index (χ3n) is 2.92. The largest absolute Gasteiger partial charge is 0.355 e. The van der Waals surface area contributed by atoms with Gasteiger partial charge < -0.3 is 5.32 Å². The number of hydrogen-bond acceptors (Lipinski definition) is 4. The molecule has 0 bridgehead atoms. The van der Waals surface area contributed by atoms with Crippen molar-refractivity contribution in [3.63, 3.8) is 0 Å². The number of nitrogens with one attached hydrogen (secondary N) is 1. The van der Waals surface area contributed by atoms with E-state index < -0.39 is 0 Å². The maximum atomic E-state index is 4.64. The van der Waals surface area contributed by atoms with Gasteiger partial charge in [-0.2, -0.15) is 0 Å². The van der Waals surface area contributed by atoms with Crippen LogP contribution >= 0.6 is 22.7 Å². The van der Waals surface area contributed by atoms with Gasteiger partial charge in [0.05, 0.1) is 16.6 Å². The summed E-state index contributed by atoms with van der Waals surface area (Å²) in [5.41, 5.74) is 2.33. The number of thiazole rings is 1. The molecule has 3 aromatic rings. The molecule has 1 aromatic carbocycles. The van der Waals surface area contributed by atoms with Gasteiger partial charge in [-0.3, -0.25) is 0 Å². The van der Waals surface area contributed by atoms with Gasteiger partial charge in [0.1, 0.15) is 0 Å². The molecule has 0 aliphatic rings. The van der Waals surface area contributed by atoms with E-state index in [1.54, 1.807) is 22.7 Å². The lowest BCUT2D eigenvalue weighted by atomic mass is 10.1. The van der Waals surface area contributed by atoms with E-state index in [9.17, 15) is 0 Å². The van der Waals surface area contributed by atoms with E-state index in [0.29, 0.717) is 0 Å². The van der Waals surface area contributed by atoms with Crippen LogP contribution in [0.2, 0.25) is 0 Å². The molecule has 0 fully saturated rings. The van der Waals surface area contributed by atoms with Crippen LogP contribution in [0.3, 0.4) is 0 Å². The number of nitrogens with zero attached hydrogens (tertiary/aromatic N) is 1. The molecule has 0 saturated carbocycles. The minimum Gasteiger partial charge on any atom is -0.355 e. The zero-order valence-electron chi connectivity index (χ0n) is 10.5. The normalized spacial score (nSPS) is 12.3. The van der Waals surface area contributed by atoms with Gasteiger partial charge in [-0.05, 0) is 23.9 Å². The molecule has 0 aliphatic carbocycles. The minimum absolute atomic E-state index is 0.267. The Balaban J connectivity index is 1.74. The van der Waals surface area contributed by atoms with E-state index in [1.165, 1.54) is 10.4 Å². The topological polar surface area (TPSA) is 24.9 Å². The SMILES string of the molecule is C[C@H](Nc1nc(-c2cccs2)cs1)c1ccccc1. The summed E-state index contributed by atoms with van der Waals surface area (Å²) in [5.74, 6) is 0. The van der Waals surface area contributed by atoms with Gasteiger partial charge in [0.25, 0.3) is 0 Å². The predicted octanol–water partition coefficient (Wildman–Crippen LogP) is 5.04. The maximum absolute atomic E-state index is 4.64. The zero-order chi connectivity index (χ0) is 13.1. The predicted molar refractivity (Wildman–Crippen MR) is 83.9 cm³/mol. The molecule has 3 rings (SSSR count). The van der Waals surface area contributed by atoms with Gasteiger partial charge in [-0.1, -0.05) is 36.4 Å². The van der Waals surface area contributed by atoms with Crippen LogP contribution in [0.4, 0.5) is 5.13 Å². The molecular weight excluding hydrogens is 272 g/mol. The first-order valence-electron chi connectivity index (χ1n) is 6.14. The molecule has 2 heterocycles. The van der Waals surface area contributed by atoms with Gasteiger partial charge in [0, 0.05) is 5.38 Å². The number of benzene rings is 1. The number of rotatable bonds is 4. The summed E-state index contributed by atoms with van der Waals surface area (Å²) in [6.07, 6.45) is 0. The Morgan fingerprint density at radius 1 is 1.05 bits per heavy atom. The van der Waals surface area contributed by atoms with Crippen molar-refractivity contribution in [3.8, 4) is 10.6 Å². The van der Waals surface area contributed by atoms with Gasteiger partial charge in [0.15, 0.2) is 5.13 Å². The van der Waals surface area contributed by atoms with Crippen LogP contribution in [0.25, 0.3) is 10.6 Å². The van der Waals surface area contributed by atoms with Crippen LogP contribution in [0.5, 0.6) is 0 Å². The van der Waals surface area contributed by atoms with Gasteiger partial charge in [0.2, 0.25) is 0 Å². The lowest BCUT2D eigenvalue weighted by Crippen LogP contribution is -2.05. The average molecular weight is 286 g/mol. The lowest BCUT2D eigenvalue weighted by molar-refractivity contribution is 0.882. The quantitative estimate of drug-likeness (QED) is 0.726. The summed E-state index contributed by atoms with van der Waals surface area (Å²) in [4.78, 5) is 5.86. The smallest absolute Gasteiger partial charge is 0.183 e. The summed E-state index contributed by atoms with van der Waals surface area (Å²) >= 11 is 3.38. The van der Waals surface area contributed by atoms with E-state index in [1.807, 2.05) is 6.07 Å². The summed E-state index contributed by atoms with van der Waals surface area (Å²) in [5, 5.41) is 8.61. The minimum atomic E-state index is 0.267. The molecule has 0 saturated heterocycles. The highest BCUT2D eigenvalue weighted by atomic mass is 32.1. The fourth-order valence-electron chi connectivity index (χ4n) is 1.89. The van der Waals surface area contributed by atoms with Crippen molar-refractivity contribution in [1.29, 1.82) is 0 Å². The first kappa shape index (κ1) is 12.4. The van der Waals surface area contributed by atoms with Crippen molar-refractivity contribution >= 4 is 27.8 Å². The molecule has 0 unspecified atom stereocenters. The first-order chi connectivity index (χ1) is 9.33. The van der Waals surface area contributed by atoms with Crippen LogP contribution in [0, 0.1) is 0 Å². The molecule has 19 heavy (non-hydrogen) atoms. The van der Waals surface area contributed by atoms with Gasteiger partial charge in [-0.15, -0.1) is 22.7 Å². The summed E-state index contributed by atoms with van der Waals surface area (Å²) in [6.45, 7) is 2.15. The monoisotopic (exact) mass is 286 g/mol. The van der Waals surface area contributed by atoms with Crippen LogP contribution in [0.1, 0.15) is 18.5 Å². The van der Waals surface area contributed by atoms with Crippen LogP contribution in [-0.2, 0) is 0 Å². The van der Waals surface area contributed by atoms with Crippen molar-refractivity contribution in [2.24, 2.45) is 0 Å². The van der Waals surface area contributed by atoms with E-state index in [-0.39, 0.29) is 6.04 Å². The Kier molecular flexibility index (Phi) is 3.62. The Morgan fingerprint density at radius 3 is 2.63 bits per heavy atom. The van der Waals surface area contributed by atoms with Crippen LogP contribution in [0.15, 0.2) is 53.2 Å². The molecule has 0 radical (unpaired) electrons. The van der Waals surface area contributed by atoms with Crippen LogP contribution < -0.4 is 5.32 Å². The standard InChI is InChI=1S/C15H14N2S2/c1-11(12-6-3-2-4-7-12)16-15-17-13(10-19-15)14-8-5-9-18-14/h2-11H,1H3,(H,16,17)/t11-/m0/s1. The first-order valence-corrected chi connectivity index (χ1v) is 7.90. The fourth-order valence-corrected chi connectivity index (χ4v) is 3.45. The maximum Gasteiger partial charge on any atom is 0.183 e. The van der Waals surface area contributed by atoms with Crippen molar-refractivity contribution in [1.82, 2.24) is 4.98 Å². The molecule has 1 N–H and O–H groups in total. The van der Waals surface area contributed by atoms with E-state index in [4.69, 9.17) is 0 Å². The van der Waals surface area contributed by atoms with Gasteiger partial charge >= 0.3 is 0 Å². The molecule has 0 aliphatic heterocycles. The van der Waals surface area contributed by atoms with Crippen molar-refractivity contribution in [2.75, 3.05) is 5.32 Å². The van der Waals surface area contributed by atoms with Crippen LogP contribution in [-0.4, -0.2) is 4.98 Å². The summed E-state index contributed by atoms with van der Waals surface area (Å²) in [7, 11) is 0. The Labute approximate surface area is 120 Å². The number of thiophene rings is 1. The van der Waals surface area contributed by atoms with Crippen molar-refractivity contribution in [2.45, 2.75) is 13.0 Å². The van der Waals surface area contributed by atoms with E-state index in [2.05, 4.69) is 64.4 Å². The summed E-state index contributed by atoms with van der Waals surface area (Å²) < 4.78 is 0. The average Bonchev–Trinajstić information content (AvgIpc) is 3.10. The zero-order valence-corrected chi connectivity index (χ0v) is 12.2. The number of hydrogen-bond donors (Lipinski definition) is 1. The fraction of sp³-hybridized carbons (Fsp3) is 0.133. The second kappa shape index (κ2) is 5.55. The summed E-state index contributed by atoms with van der Waals surface area (Å²) in [6, 6.07) is 14.8. The second-order valence-electron chi connectivity index (χ2n) is 4.29. The molecule has 2 nitrogen and oxygen atoms in total. The lowest BCUT2D eigenvalue weighted by Gasteiger charge is -2.12. The molecule has 4 heteroatoms. The highest BCUT2D eigenvalue weighted by Gasteiger charge is 2.09. The molecule has 0 amide bonds. The third kappa shape index (κ3) is 2.85. The Bertz CT molecular complexity index is 629. The molecule has 2 aromatic heterocycles. The van der Waals surface area contributed by atoms with E-state index >= 15 is 0 Å². The Hall–Kier alpha value is -1.65.